The molecule has 0 aromatic heterocycles. The molecule has 0 spiro atoms. The predicted molar refractivity (Wildman–Crippen MR) is 116 cm³/mol. The molecule has 1 aromatic rings. The first kappa shape index (κ1) is 22.2. The highest BCUT2D eigenvalue weighted by Gasteiger charge is 2.37. The zero-order chi connectivity index (χ0) is 17.2. The molecule has 0 bridgehead atoms. The third-order valence-corrected chi connectivity index (χ3v) is 4.58. The van der Waals surface area contributed by atoms with E-state index in [9.17, 15) is 0 Å². The van der Waals surface area contributed by atoms with Crippen LogP contribution in [-0.2, 0) is 4.74 Å². The van der Waals surface area contributed by atoms with Crippen LogP contribution in [0.2, 0.25) is 0 Å². The van der Waals surface area contributed by atoms with Crippen molar-refractivity contribution < 1.29 is 4.74 Å². The van der Waals surface area contributed by atoms with Crippen LogP contribution in [0, 0.1) is 5.92 Å². The normalized spacial score (nSPS) is 19.4. The van der Waals surface area contributed by atoms with Crippen molar-refractivity contribution in [2.45, 2.75) is 18.8 Å². The fraction of sp³-hybridized carbons (Fsp3) is 0.632. The van der Waals surface area contributed by atoms with Crippen LogP contribution >= 0.6 is 24.0 Å². The number of hydrogen-bond acceptors (Lipinski definition) is 3. The molecule has 0 saturated heterocycles. The van der Waals surface area contributed by atoms with E-state index in [2.05, 4.69) is 57.9 Å². The Balaban J connectivity index is 0.00000312. The molecule has 1 fully saturated rings. The summed E-state index contributed by atoms with van der Waals surface area (Å²) in [5.41, 5.74) is 1.46. The van der Waals surface area contributed by atoms with Gasteiger partial charge in [0.1, 0.15) is 0 Å². The van der Waals surface area contributed by atoms with Crippen LogP contribution in [0.4, 0.5) is 0 Å². The number of benzene rings is 1. The van der Waals surface area contributed by atoms with Gasteiger partial charge >= 0.3 is 0 Å². The first-order chi connectivity index (χ1) is 11.7. The Morgan fingerprint density at radius 1 is 1.24 bits per heavy atom. The van der Waals surface area contributed by atoms with Crippen molar-refractivity contribution in [3.8, 4) is 0 Å². The summed E-state index contributed by atoms with van der Waals surface area (Å²) in [5, 5.41) is 6.85. The van der Waals surface area contributed by atoms with Gasteiger partial charge in [-0.25, -0.2) is 0 Å². The molecule has 1 aliphatic rings. The second-order valence-corrected chi connectivity index (χ2v) is 6.54. The summed E-state index contributed by atoms with van der Waals surface area (Å²) in [6.07, 6.45) is 2.35. The molecule has 2 rings (SSSR count). The van der Waals surface area contributed by atoms with Gasteiger partial charge in [0.2, 0.25) is 0 Å². The molecule has 0 amide bonds. The van der Waals surface area contributed by atoms with E-state index in [1.807, 2.05) is 7.05 Å². The lowest BCUT2D eigenvalue weighted by Gasteiger charge is -2.18. The SMILES string of the molecule is CN=C(NCCN(C)CCCOC)NCC1CC1c1ccccc1.I. The number of hydrogen-bond donors (Lipinski definition) is 2. The Hall–Kier alpha value is -0.860. The first-order valence-electron chi connectivity index (χ1n) is 8.91. The maximum absolute atomic E-state index is 5.08. The third kappa shape index (κ3) is 8.37. The molecule has 2 unspecified atom stereocenters. The Bertz CT molecular complexity index is 497. The van der Waals surface area contributed by atoms with Gasteiger partial charge in [0.05, 0.1) is 0 Å². The smallest absolute Gasteiger partial charge is 0.191 e. The van der Waals surface area contributed by atoms with Crippen LogP contribution < -0.4 is 10.6 Å². The van der Waals surface area contributed by atoms with Crippen molar-refractivity contribution in [1.82, 2.24) is 15.5 Å². The van der Waals surface area contributed by atoms with Gasteiger partial charge in [0, 0.05) is 46.9 Å². The van der Waals surface area contributed by atoms with Crippen LogP contribution in [0.25, 0.3) is 0 Å². The van der Waals surface area contributed by atoms with E-state index in [1.165, 1.54) is 12.0 Å². The van der Waals surface area contributed by atoms with E-state index in [4.69, 9.17) is 4.74 Å². The van der Waals surface area contributed by atoms with E-state index in [1.54, 1.807) is 7.11 Å². The van der Waals surface area contributed by atoms with Crippen molar-refractivity contribution in [1.29, 1.82) is 0 Å². The van der Waals surface area contributed by atoms with Crippen molar-refractivity contribution in [2.24, 2.45) is 10.9 Å². The molecule has 6 heteroatoms. The number of ether oxygens (including phenoxy) is 1. The second-order valence-electron chi connectivity index (χ2n) is 6.54. The maximum Gasteiger partial charge on any atom is 0.191 e. The lowest BCUT2D eigenvalue weighted by Crippen LogP contribution is -2.41. The van der Waals surface area contributed by atoms with Crippen LogP contribution in [0.15, 0.2) is 35.3 Å². The van der Waals surface area contributed by atoms with Crippen LogP contribution in [0.1, 0.15) is 24.3 Å². The van der Waals surface area contributed by atoms with Gasteiger partial charge < -0.3 is 20.3 Å². The first-order valence-corrected chi connectivity index (χ1v) is 8.91. The van der Waals surface area contributed by atoms with Gasteiger partial charge in [0.15, 0.2) is 5.96 Å². The average molecular weight is 460 g/mol. The fourth-order valence-electron chi connectivity index (χ4n) is 2.99. The molecule has 5 nitrogen and oxygen atoms in total. The van der Waals surface area contributed by atoms with Crippen molar-refractivity contribution in [2.75, 3.05) is 54.0 Å². The van der Waals surface area contributed by atoms with Crippen LogP contribution in [0.3, 0.4) is 0 Å². The van der Waals surface area contributed by atoms with E-state index in [-0.39, 0.29) is 24.0 Å². The molecule has 142 valence electrons. The highest BCUT2D eigenvalue weighted by atomic mass is 127. The minimum absolute atomic E-state index is 0. The summed E-state index contributed by atoms with van der Waals surface area (Å²) < 4.78 is 5.08. The van der Waals surface area contributed by atoms with Crippen LogP contribution in [-0.4, -0.2) is 64.9 Å². The number of likely N-dealkylation sites (N-methyl/N-ethyl adjacent to an activating group) is 1. The number of guanidine groups is 1. The minimum atomic E-state index is 0. The zero-order valence-corrected chi connectivity index (χ0v) is 18.0. The molecule has 1 aliphatic carbocycles. The van der Waals surface area contributed by atoms with Gasteiger partial charge in [0.25, 0.3) is 0 Å². The molecule has 2 N–H and O–H groups in total. The lowest BCUT2D eigenvalue weighted by molar-refractivity contribution is 0.180. The second kappa shape index (κ2) is 12.5. The number of aliphatic imine (C=N–C) groups is 1. The summed E-state index contributed by atoms with van der Waals surface area (Å²) in [4.78, 5) is 6.62. The Morgan fingerprint density at radius 3 is 2.68 bits per heavy atom. The van der Waals surface area contributed by atoms with E-state index >= 15 is 0 Å². The molecular formula is C19H33IN4O. The lowest BCUT2D eigenvalue weighted by atomic mass is 10.1. The molecule has 1 saturated carbocycles. The van der Waals surface area contributed by atoms with Crippen molar-refractivity contribution in [3.05, 3.63) is 35.9 Å². The van der Waals surface area contributed by atoms with E-state index in [0.717, 1.165) is 51.1 Å². The van der Waals surface area contributed by atoms with Crippen molar-refractivity contribution >= 4 is 29.9 Å². The highest BCUT2D eigenvalue weighted by Crippen LogP contribution is 2.46. The Kier molecular flexibility index (Phi) is 11.1. The summed E-state index contributed by atoms with van der Waals surface area (Å²) in [7, 11) is 5.72. The van der Waals surface area contributed by atoms with Gasteiger partial charge in [-0.15, -0.1) is 24.0 Å². The predicted octanol–water partition coefficient (Wildman–Crippen LogP) is 2.54. The third-order valence-electron chi connectivity index (χ3n) is 4.58. The van der Waals surface area contributed by atoms with Gasteiger partial charge in [-0.05, 0) is 37.3 Å². The molecule has 25 heavy (non-hydrogen) atoms. The standard InChI is InChI=1S/C19H32N4O.HI/c1-20-19(21-10-12-23(2)11-7-13-24-3)22-15-17-14-18(17)16-8-5-4-6-9-16;/h4-6,8-9,17-18H,7,10-15H2,1-3H3,(H2,20,21,22);1H. The zero-order valence-electron chi connectivity index (χ0n) is 15.7. The monoisotopic (exact) mass is 460 g/mol. The number of halogens is 1. The van der Waals surface area contributed by atoms with Gasteiger partial charge in [-0.2, -0.15) is 0 Å². The Labute approximate surface area is 169 Å². The minimum Gasteiger partial charge on any atom is -0.385 e. The van der Waals surface area contributed by atoms with Gasteiger partial charge in [-0.1, -0.05) is 30.3 Å². The van der Waals surface area contributed by atoms with Crippen molar-refractivity contribution in [3.63, 3.8) is 0 Å². The summed E-state index contributed by atoms with van der Waals surface area (Å²) in [6, 6.07) is 10.8. The largest absolute Gasteiger partial charge is 0.385 e. The molecule has 0 aliphatic heterocycles. The number of methoxy groups -OCH3 is 1. The molecular weight excluding hydrogens is 427 g/mol. The van der Waals surface area contributed by atoms with E-state index < -0.39 is 0 Å². The Morgan fingerprint density at radius 2 is 2.00 bits per heavy atom. The van der Waals surface area contributed by atoms with Gasteiger partial charge in [-0.3, -0.25) is 4.99 Å². The molecule has 2 atom stereocenters. The highest BCUT2D eigenvalue weighted by molar-refractivity contribution is 14.0. The number of nitrogens with zero attached hydrogens (tertiary/aromatic N) is 2. The molecule has 0 radical (unpaired) electrons. The summed E-state index contributed by atoms with van der Waals surface area (Å²) in [5.74, 6) is 2.34. The number of nitrogens with one attached hydrogen (secondary N) is 2. The maximum atomic E-state index is 5.08. The quantitative estimate of drug-likeness (QED) is 0.244. The van der Waals surface area contributed by atoms with E-state index in [0.29, 0.717) is 5.92 Å². The molecule has 1 aromatic carbocycles. The fourth-order valence-corrected chi connectivity index (χ4v) is 2.99. The average Bonchev–Trinajstić information content (AvgIpc) is 3.38. The number of rotatable bonds is 10. The summed E-state index contributed by atoms with van der Waals surface area (Å²) >= 11 is 0. The summed E-state index contributed by atoms with van der Waals surface area (Å²) in [6.45, 7) is 4.77. The van der Waals surface area contributed by atoms with Crippen LogP contribution in [0.5, 0.6) is 0 Å². The molecule has 0 heterocycles. The topological polar surface area (TPSA) is 48.9 Å².